The van der Waals surface area contributed by atoms with Crippen molar-refractivity contribution in [2.75, 3.05) is 0 Å². The zero-order chi connectivity index (χ0) is 37.7. The number of hydrogen-bond donors (Lipinski definition) is 0. The van der Waals surface area contributed by atoms with Crippen LogP contribution >= 0.6 is 0 Å². The Bertz CT molecular complexity index is 3200. The fourth-order valence-electron chi connectivity index (χ4n) is 8.34. The molecule has 0 radical (unpaired) electrons. The Kier molecular flexibility index (Phi) is 7.82. The second-order valence-electron chi connectivity index (χ2n) is 14.6. The van der Waals surface area contributed by atoms with Crippen molar-refractivity contribution in [2.24, 2.45) is 0 Å². The third kappa shape index (κ3) is 5.85. The second kappa shape index (κ2) is 13.6. The molecule has 11 rings (SSSR count). The zero-order valence-corrected chi connectivity index (χ0v) is 31.0. The summed E-state index contributed by atoms with van der Waals surface area (Å²) in [6.07, 6.45) is 0. The van der Waals surface area contributed by atoms with E-state index in [1.54, 1.807) is 0 Å². The SMILES string of the molecule is c1ccc(-c2ccc3ccc(-c4ccc5c(ccc6c5c5ccccc5n6-c5ccc(-c6cc(-c7ccccc7)nc(-c7ccccc7)n6)cc5)c4)cc3c2)cc1. The van der Waals surface area contributed by atoms with Crippen molar-refractivity contribution in [1.82, 2.24) is 14.5 Å². The van der Waals surface area contributed by atoms with Crippen molar-refractivity contribution in [3.63, 3.8) is 0 Å². The van der Waals surface area contributed by atoms with Gasteiger partial charge in [-0.2, -0.15) is 0 Å². The lowest BCUT2D eigenvalue weighted by molar-refractivity contribution is 1.17. The molecule has 0 saturated heterocycles. The lowest BCUT2D eigenvalue weighted by Gasteiger charge is -2.12. The van der Waals surface area contributed by atoms with E-state index in [4.69, 9.17) is 9.97 Å². The molecule has 0 aliphatic rings. The van der Waals surface area contributed by atoms with Crippen LogP contribution in [0.4, 0.5) is 0 Å². The minimum absolute atomic E-state index is 0.714. The summed E-state index contributed by atoms with van der Waals surface area (Å²) in [7, 11) is 0. The van der Waals surface area contributed by atoms with Crippen molar-refractivity contribution < 1.29 is 0 Å². The van der Waals surface area contributed by atoms with E-state index in [-0.39, 0.29) is 0 Å². The summed E-state index contributed by atoms with van der Waals surface area (Å²) in [5, 5.41) is 7.46. The van der Waals surface area contributed by atoms with Gasteiger partial charge in [0.2, 0.25) is 0 Å². The first kappa shape index (κ1) is 32.8. The Morgan fingerprint density at radius 3 is 1.49 bits per heavy atom. The smallest absolute Gasteiger partial charge is 0.160 e. The predicted octanol–water partition coefficient (Wildman–Crippen LogP) is 14.2. The van der Waals surface area contributed by atoms with Crippen molar-refractivity contribution in [1.29, 1.82) is 0 Å². The van der Waals surface area contributed by atoms with E-state index < -0.39 is 0 Å². The van der Waals surface area contributed by atoms with Crippen LogP contribution in [0.2, 0.25) is 0 Å². The maximum Gasteiger partial charge on any atom is 0.160 e. The predicted molar refractivity (Wildman–Crippen MR) is 239 cm³/mol. The quantitative estimate of drug-likeness (QED) is 0.171. The topological polar surface area (TPSA) is 30.7 Å². The van der Waals surface area contributed by atoms with Gasteiger partial charge in [0.05, 0.1) is 22.4 Å². The van der Waals surface area contributed by atoms with E-state index in [1.165, 1.54) is 65.6 Å². The van der Waals surface area contributed by atoms with Gasteiger partial charge in [-0.25, -0.2) is 9.97 Å². The molecule has 3 nitrogen and oxygen atoms in total. The molecule has 0 aliphatic carbocycles. The van der Waals surface area contributed by atoms with E-state index in [1.807, 2.05) is 36.4 Å². The molecular formula is C54H35N3. The molecule has 0 amide bonds. The van der Waals surface area contributed by atoms with E-state index in [9.17, 15) is 0 Å². The molecule has 0 aliphatic heterocycles. The second-order valence-corrected chi connectivity index (χ2v) is 14.6. The molecular weight excluding hydrogens is 691 g/mol. The molecule has 57 heavy (non-hydrogen) atoms. The van der Waals surface area contributed by atoms with E-state index >= 15 is 0 Å². The third-order valence-corrected chi connectivity index (χ3v) is 11.2. The molecule has 0 spiro atoms. The summed E-state index contributed by atoms with van der Waals surface area (Å²) in [6.45, 7) is 0. The molecule has 2 aromatic heterocycles. The van der Waals surface area contributed by atoms with Crippen molar-refractivity contribution in [3.8, 4) is 61.8 Å². The van der Waals surface area contributed by atoms with Crippen LogP contribution in [-0.4, -0.2) is 14.5 Å². The third-order valence-electron chi connectivity index (χ3n) is 11.2. The number of para-hydroxylation sites is 1. The van der Waals surface area contributed by atoms with Crippen molar-refractivity contribution >= 4 is 43.4 Å². The molecule has 3 heteroatoms. The number of hydrogen-bond acceptors (Lipinski definition) is 2. The number of fused-ring (bicyclic) bond motifs is 6. The van der Waals surface area contributed by atoms with Crippen LogP contribution in [0.5, 0.6) is 0 Å². The van der Waals surface area contributed by atoms with Crippen LogP contribution in [0.15, 0.2) is 212 Å². The van der Waals surface area contributed by atoms with Gasteiger partial charge in [0.1, 0.15) is 0 Å². The minimum Gasteiger partial charge on any atom is -0.309 e. The van der Waals surface area contributed by atoms with Gasteiger partial charge >= 0.3 is 0 Å². The minimum atomic E-state index is 0.714. The highest BCUT2D eigenvalue weighted by Crippen LogP contribution is 2.39. The monoisotopic (exact) mass is 725 g/mol. The molecule has 266 valence electrons. The van der Waals surface area contributed by atoms with Gasteiger partial charge in [0, 0.05) is 33.2 Å². The van der Waals surface area contributed by atoms with Gasteiger partial charge in [0.25, 0.3) is 0 Å². The molecule has 0 fully saturated rings. The molecule has 0 unspecified atom stereocenters. The largest absolute Gasteiger partial charge is 0.309 e. The molecule has 9 aromatic carbocycles. The first-order valence-electron chi connectivity index (χ1n) is 19.4. The van der Waals surface area contributed by atoms with Gasteiger partial charge in [-0.15, -0.1) is 0 Å². The van der Waals surface area contributed by atoms with Crippen LogP contribution in [-0.2, 0) is 0 Å². The Balaban J connectivity index is 0.990. The van der Waals surface area contributed by atoms with E-state index in [2.05, 4.69) is 180 Å². The summed E-state index contributed by atoms with van der Waals surface area (Å²) >= 11 is 0. The Labute approximate surface area is 330 Å². The van der Waals surface area contributed by atoms with Gasteiger partial charge in [0.15, 0.2) is 5.82 Å². The van der Waals surface area contributed by atoms with E-state index in [0.717, 1.165) is 33.8 Å². The normalized spacial score (nSPS) is 11.5. The number of aromatic nitrogens is 3. The van der Waals surface area contributed by atoms with Crippen LogP contribution in [0.25, 0.3) is 105 Å². The summed E-state index contributed by atoms with van der Waals surface area (Å²) in [5.41, 5.74) is 13.2. The van der Waals surface area contributed by atoms with Gasteiger partial charge in [-0.1, -0.05) is 164 Å². The molecule has 0 saturated carbocycles. The fraction of sp³-hybridized carbons (Fsp3) is 0. The summed E-state index contributed by atoms with van der Waals surface area (Å²) in [5.74, 6) is 0.714. The molecule has 0 bridgehead atoms. The van der Waals surface area contributed by atoms with E-state index in [0.29, 0.717) is 5.82 Å². The molecule has 0 N–H and O–H groups in total. The number of rotatable bonds is 6. The van der Waals surface area contributed by atoms with Crippen LogP contribution in [0.3, 0.4) is 0 Å². The first-order chi connectivity index (χ1) is 28.2. The summed E-state index contributed by atoms with van der Waals surface area (Å²) in [6, 6.07) is 75.8. The summed E-state index contributed by atoms with van der Waals surface area (Å²) in [4.78, 5) is 10.1. The zero-order valence-electron chi connectivity index (χ0n) is 31.0. The highest BCUT2D eigenvalue weighted by molar-refractivity contribution is 6.21. The average Bonchev–Trinajstić information content (AvgIpc) is 3.64. The first-order valence-corrected chi connectivity index (χ1v) is 19.4. The van der Waals surface area contributed by atoms with Crippen molar-refractivity contribution in [3.05, 3.63) is 212 Å². The number of benzene rings is 9. The average molecular weight is 726 g/mol. The molecule has 0 atom stereocenters. The van der Waals surface area contributed by atoms with Gasteiger partial charge in [-0.05, 0) is 92.3 Å². The number of nitrogens with zero attached hydrogens (tertiary/aromatic N) is 3. The molecule has 11 aromatic rings. The Morgan fingerprint density at radius 2 is 0.807 bits per heavy atom. The standard InChI is InChI=1S/C54H35N3/c1-4-12-36(13-5-1)41-22-20-37-21-23-42(34-45(37)33-41)43-26-30-47-44(32-43)27-31-52-53(47)48-18-10-11-19-51(48)57(52)46-28-24-39(25-29-46)50-35-49(38-14-6-2-7-15-38)55-54(56-50)40-16-8-3-9-17-40/h1-35H. The maximum atomic E-state index is 5.07. The van der Waals surface area contributed by atoms with Crippen LogP contribution in [0, 0.1) is 0 Å². The van der Waals surface area contributed by atoms with Gasteiger partial charge < -0.3 is 4.57 Å². The van der Waals surface area contributed by atoms with Crippen LogP contribution in [0.1, 0.15) is 0 Å². The highest BCUT2D eigenvalue weighted by atomic mass is 15.0. The fourth-order valence-corrected chi connectivity index (χ4v) is 8.34. The highest BCUT2D eigenvalue weighted by Gasteiger charge is 2.16. The Morgan fingerprint density at radius 1 is 0.298 bits per heavy atom. The lowest BCUT2D eigenvalue weighted by atomic mass is 9.95. The van der Waals surface area contributed by atoms with Crippen LogP contribution < -0.4 is 0 Å². The maximum absolute atomic E-state index is 5.07. The molecule has 2 heterocycles. The van der Waals surface area contributed by atoms with Crippen molar-refractivity contribution in [2.45, 2.75) is 0 Å². The lowest BCUT2D eigenvalue weighted by Crippen LogP contribution is -1.97. The summed E-state index contributed by atoms with van der Waals surface area (Å²) < 4.78 is 2.39. The Hall–Kier alpha value is -7.62. The van der Waals surface area contributed by atoms with Gasteiger partial charge in [-0.3, -0.25) is 0 Å².